The Labute approximate surface area is 112 Å². The Bertz CT molecular complexity index is 603. The van der Waals surface area contributed by atoms with Gasteiger partial charge in [-0.05, 0) is 36.6 Å². The van der Waals surface area contributed by atoms with Gasteiger partial charge in [0.15, 0.2) is 0 Å². The van der Waals surface area contributed by atoms with Gasteiger partial charge in [0.2, 0.25) is 0 Å². The third-order valence-corrected chi connectivity index (χ3v) is 3.08. The number of aryl methyl sites for hydroxylation is 2. The molecule has 0 saturated carbocycles. The lowest BCUT2D eigenvalue weighted by atomic mass is 10.1. The van der Waals surface area contributed by atoms with Crippen LogP contribution in [0.1, 0.15) is 27.0 Å². The maximum absolute atomic E-state index is 11.2. The van der Waals surface area contributed by atoms with E-state index in [-0.39, 0.29) is 5.56 Å². The molecule has 0 aromatic heterocycles. The van der Waals surface area contributed by atoms with Crippen LogP contribution in [0.3, 0.4) is 0 Å². The van der Waals surface area contributed by atoms with Gasteiger partial charge in [0.1, 0.15) is 17.9 Å². The quantitative estimate of drug-likeness (QED) is 0.909. The molecule has 2 rings (SSSR count). The van der Waals surface area contributed by atoms with Gasteiger partial charge in [0, 0.05) is 0 Å². The second-order valence-corrected chi connectivity index (χ2v) is 4.47. The second-order valence-electron chi connectivity index (χ2n) is 4.47. The van der Waals surface area contributed by atoms with Gasteiger partial charge in [-0.15, -0.1) is 0 Å². The zero-order chi connectivity index (χ0) is 13.8. The molecule has 0 fully saturated rings. The number of para-hydroxylation sites is 1. The normalized spacial score (nSPS) is 10.2. The average molecular weight is 256 g/mol. The Balaban J connectivity index is 2.25. The lowest BCUT2D eigenvalue weighted by Gasteiger charge is -2.13. The second kappa shape index (κ2) is 5.57. The fraction of sp³-hybridized carbons (Fsp3) is 0.188. The molecule has 0 atom stereocenters. The highest BCUT2D eigenvalue weighted by molar-refractivity contribution is 5.91. The van der Waals surface area contributed by atoms with Gasteiger partial charge in [0.05, 0.1) is 0 Å². The van der Waals surface area contributed by atoms with E-state index in [1.54, 1.807) is 12.1 Å². The zero-order valence-corrected chi connectivity index (χ0v) is 11.0. The topological polar surface area (TPSA) is 46.5 Å². The van der Waals surface area contributed by atoms with Crippen molar-refractivity contribution in [3.63, 3.8) is 0 Å². The van der Waals surface area contributed by atoms with E-state index < -0.39 is 5.97 Å². The molecule has 0 saturated heterocycles. The number of aromatic carboxylic acids is 1. The van der Waals surface area contributed by atoms with E-state index >= 15 is 0 Å². The molecule has 0 aliphatic heterocycles. The molecule has 0 bridgehead atoms. The molecule has 0 heterocycles. The van der Waals surface area contributed by atoms with Crippen LogP contribution in [0.15, 0.2) is 42.5 Å². The van der Waals surface area contributed by atoms with Crippen LogP contribution < -0.4 is 4.74 Å². The molecule has 0 spiro atoms. The molecule has 3 nitrogen and oxygen atoms in total. The molecule has 2 aromatic carbocycles. The third-order valence-electron chi connectivity index (χ3n) is 3.08. The van der Waals surface area contributed by atoms with Gasteiger partial charge < -0.3 is 9.84 Å². The third kappa shape index (κ3) is 2.94. The first-order valence-corrected chi connectivity index (χ1v) is 6.10. The predicted molar refractivity (Wildman–Crippen MR) is 73.6 cm³/mol. The molecule has 0 aliphatic rings. The highest BCUT2D eigenvalue weighted by Gasteiger charge is 2.13. The molecule has 0 aliphatic carbocycles. The number of carboxylic acid groups (broad SMARTS) is 1. The largest absolute Gasteiger partial charge is 0.488 e. The van der Waals surface area contributed by atoms with E-state index in [1.165, 1.54) is 0 Å². The predicted octanol–water partition coefficient (Wildman–Crippen LogP) is 3.58. The summed E-state index contributed by atoms with van der Waals surface area (Å²) in [5, 5.41) is 9.16. The first-order chi connectivity index (χ1) is 9.09. The molecule has 3 heteroatoms. The summed E-state index contributed by atoms with van der Waals surface area (Å²) in [4.78, 5) is 11.2. The number of hydrogen-bond acceptors (Lipinski definition) is 2. The van der Waals surface area contributed by atoms with Crippen LogP contribution in [-0.4, -0.2) is 11.1 Å². The van der Waals surface area contributed by atoms with Crippen LogP contribution in [0.25, 0.3) is 0 Å². The fourth-order valence-electron chi connectivity index (χ4n) is 1.93. The maximum Gasteiger partial charge on any atom is 0.339 e. The van der Waals surface area contributed by atoms with Gasteiger partial charge in [-0.2, -0.15) is 0 Å². The first kappa shape index (κ1) is 13.1. The molecule has 0 amide bonds. The molecule has 1 N–H and O–H groups in total. The Morgan fingerprint density at radius 3 is 2.42 bits per heavy atom. The van der Waals surface area contributed by atoms with Crippen LogP contribution >= 0.6 is 0 Å². The van der Waals surface area contributed by atoms with Crippen molar-refractivity contribution in [2.75, 3.05) is 0 Å². The summed E-state index contributed by atoms with van der Waals surface area (Å²) in [6.07, 6.45) is 0. The maximum atomic E-state index is 11.2. The molecule has 19 heavy (non-hydrogen) atoms. The van der Waals surface area contributed by atoms with Gasteiger partial charge in [-0.1, -0.05) is 36.4 Å². The fourth-order valence-corrected chi connectivity index (χ4v) is 1.93. The van der Waals surface area contributed by atoms with Crippen molar-refractivity contribution in [1.29, 1.82) is 0 Å². The number of hydrogen-bond donors (Lipinski definition) is 1. The van der Waals surface area contributed by atoms with E-state index in [9.17, 15) is 4.79 Å². The highest BCUT2D eigenvalue weighted by Crippen LogP contribution is 2.24. The minimum atomic E-state index is -0.969. The molecule has 98 valence electrons. The standard InChI is InChI=1S/C16H16O3/c1-11-6-3-4-8-13(11)10-19-15-12(2)7-5-9-14(15)16(17)18/h3-9H,10H2,1-2H3,(H,17,18). The Morgan fingerprint density at radius 2 is 1.74 bits per heavy atom. The molecule has 2 aromatic rings. The summed E-state index contributed by atoms with van der Waals surface area (Å²) in [6, 6.07) is 13.0. The molecular weight excluding hydrogens is 240 g/mol. The van der Waals surface area contributed by atoms with Crippen LogP contribution in [0.5, 0.6) is 5.75 Å². The number of benzene rings is 2. The number of rotatable bonds is 4. The number of ether oxygens (including phenoxy) is 1. The smallest absolute Gasteiger partial charge is 0.339 e. The van der Waals surface area contributed by atoms with E-state index in [0.717, 1.165) is 16.7 Å². The highest BCUT2D eigenvalue weighted by atomic mass is 16.5. The Morgan fingerprint density at radius 1 is 1.05 bits per heavy atom. The minimum absolute atomic E-state index is 0.202. The van der Waals surface area contributed by atoms with E-state index in [4.69, 9.17) is 9.84 Å². The van der Waals surface area contributed by atoms with Crippen LogP contribution in [0.2, 0.25) is 0 Å². The van der Waals surface area contributed by atoms with Gasteiger partial charge in [0.25, 0.3) is 0 Å². The van der Waals surface area contributed by atoms with E-state index in [1.807, 2.05) is 44.2 Å². The van der Waals surface area contributed by atoms with Gasteiger partial charge in [-0.25, -0.2) is 4.79 Å². The number of carboxylic acids is 1. The van der Waals surface area contributed by atoms with E-state index in [2.05, 4.69) is 0 Å². The van der Waals surface area contributed by atoms with Crippen molar-refractivity contribution in [2.24, 2.45) is 0 Å². The summed E-state index contributed by atoms with van der Waals surface area (Å²) >= 11 is 0. The van der Waals surface area contributed by atoms with Gasteiger partial charge in [-0.3, -0.25) is 0 Å². The Kier molecular flexibility index (Phi) is 3.85. The summed E-state index contributed by atoms with van der Waals surface area (Å²) < 4.78 is 5.72. The zero-order valence-electron chi connectivity index (χ0n) is 11.0. The van der Waals surface area contributed by atoms with Crippen molar-refractivity contribution in [1.82, 2.24) is 0 Å². The Hall–Kier alpha value is -2.29. The summed E-state index contributed by atoms with van der Waals surface area (Å²) in [5.74, 6) is -0.526. The lowest BCUT2D eigenvalue weighted by molar-refractivity contribution is 0.0691. The molecule has 0 unspecified atom stereocenters. The van der Waals surface area contributed by atoms with Crippen molar-refractivity contribution < 1.29 is 14.6 Å². The lowest BCUT2D eigenvalue weighted by Crippen LogP contribution is -2.05. The average Bonchev–Trinajstić information content (AvgIpc) is 2.38. The van der Waals surface area contributed by atoms with Crippen LogP contribution in [0.4, 0.5) is 0 Å². The SMILES string of the molecule is Cc1ccccc1COc1c(C)cccc1C(=O)O. The monoisotopic (exact) mass is 256 g/mol. The summed E-state index contributed by atoms with van der Waals surface area (Å²) in [7, 11) is 0. The first-order valence-electron chi connectivity index (χ1n) is 6.10. The minimum Gasteiger partial charge on any atom is -0.488 e. The summed E-state index contributed by atoms with van der Waals surface area (Å²) in [6.45, 7) is 4.23. The van der Waals surface area contributed by atoms with Gasteiger partial charge >= 0.3 is 5.97 Å². The van der Waals surface area contributed by atoms with Crippen molar-refractivity contribution in [3.05, 3.63) is 64.7 Å². The van der Waals surface area contributed by atoms with Crippen LogP contribution in [-0.2, 0) is 6.61 Å². The summed E-state index contributed by atoms with van der Waals surface area (Å²) in [5.41, 5.74) is 3.22. The van der Waals surface area contributed by atoms with Crippen molar-refractivity contribution in [3.8, 4) is 5.75 Å². The van der Waals surface area contributed by atoms with Crippen molar-refractivity contribution in [2.45, 2.75) is 20.5 Å². The van der Waals surface area contributed by atoms with Crippen molar-refractivity contribution >= 4 is 5.97 Å². The molecular formula is C16H16O3. The number of carbonyl (C=O) groups is 1. The molecule has 0 radical (unpaired) electrons. The van der Waals surface area contributed by atoms with E-state index in [0.29, 0.717) is 12.4 Å². The van der Waals surface area contributed by atoms with Crippen LogP contribution in [0, 0.1) is 13.8 Å².